The van der Waals surface area contributed by atoms with Crippen LogP contribution in [0.2, 0.25) is 0 Å². The fourth-order valence-corrected chi connectivity index (χ4v) is 1.52. The number of nitrogens with one attached hydrogen (secondary N) is 2. The van der Waals surface area contributed by atoms with Crippen LogP contribution in [0.25, 0.3) is 0 Å². The number of carbonyl (C=O) groups excluding carboxylic acids is 2. The molecule has 2 atom stereocenters. The summed E-state index contributed by atoms with van der Waals surface area (Å²) in [5.41, 5.74) is 6.05. The molecule has 1 rings (SSSR count). The van der Waals surface area contributed by atoms with Crippen LogP contribution in [0.4, 0.5) is 4.79 Å². The molecule has 0 aliphatic carbocycles. The van der Waals surface area contributed by atoms with Crippen LogP contribution in [0.1, 0.15) is 12.5 Å². The molecule has 0 saturated heterocycles. The number of nitrogens with two attached hydrogens (primary N) is 1. The van der Waals surface area contributed by atoms with Gasteiger partial charge in [-0.1, -0.05) is 30.3 Å². The molecule has 92 valence electrons. The maximum Gasteiger partial charge on any atom is 0.319 e. The minimum absolute atomic E-state index is 0.331. The number of carbonyl (C=O) groups is 2. The lowest BCUT2D eigenvalue weighted by Crippen LogP contribution is -3.12. The first-order chi connectivity index (χ1) is 8.00. The summed E-state index contributed by atoms with van der Waals surface area (Å²) in [7, 11) is 1.90. The number of primary amides is 1. The van der Waals surface area contributed by atoms with Gasteiger partial charge in [-0.25, -0.2) is 4.79 Å². The predicted molar refractivity (Wildman–Crippen MR) is 64.2 cm³/mol. The highest BCUT2D eigenvalue weighted by Gasteiger charge is 2.22. The lowest BCUT2D eigenvalue weighted by Gasteiger charge is -2.20. The van der Waals surface area contributed by atoms with Gasteiger partial charge in [0, 0.05) is 5.56 Å². The van der Waals surface area contributed by atoms with E-state index in [1.165, 1.54) is 0 Å². The Kier molecular flexibility index (Phi) is 4.66. The number of amides is 3. The van der Waals surface area contributed by atoms with Crippen molar-refractivity contribution >= 4 is 11.9 Å². The quantitative estimate of drug-likeness (QED) is 0.645. The van der Waals surface area contributed by atoms with E-state index in [0.717, 1.165) is 10.5 Å². The molecule has 5 nitrogen and oxygen atoms in total. The van der Waals surface area contributed by atoms with E-state index < -0.39 is 6.03 Å². The number of rotatable bonds is 4. The van der Waals surface area contributed by atoms with E-state index in [2.05, 4.69) is 5.32 Å². The summed E-state index contributed by atoms with van der Waals surface area (Å²) in [4.78, 5) is 23.1. The molecule has 0 aliphatic rings. The summed E-state index contributed by atoms with van der Waals surface area (Å²) in [5, 5.41) is 2.09. The zero-order chi connectivity index (χ0) is 12.8. The van der Waals surface area contributed by atoms with Crippen LogP contribution in [0.3, 0.4) is 0 Å². The molecule has 1 aromatic carbocycles. The van der Waals surface area contributed by atoms with Crippen molar-refractivity contribution in [1.82, 2.24) is 5.32 Å². The van der Waals surface area contributed by atoms with Gasteiger partial charge in [0.05, 0.1) is 7.05 Å². The first-order valence-electron chi connectivity index (χ1n) is 5.47. The Bertz CT molecular complexity index is 392. The Morgan fingerprint density at radius 3 is 2.47 bits per heavy atom. The number of likely N-dealkylation sites (N-methyl/N-ethyl adjacent to an activating group) is 1. The lowest BCUT2D eigenvalue weighted by molar-refractivity contribution is -0.908. The Labute approximate surface area is 101 Å². The largest absolute Gasteiger partial charge is 0.351 e. The van der Waals surface area contributed by atoms with E-state index in [4.69, 9.17) is 5.73 Å². The highest BCUT2D eigenvalue weighted by atomic mass is 16.2. The van der Waals surface area contributed by atoms with Crippen LogP contribution in [-0.4, -0.2) is 25.0 Å². The van der Waals surface area contributed by atoms with Crippen LogP contribution in [0.5, 0.6) is 0 Å². The van der Waals surface area contributed by atoms with E-state index in [-0.39, 0.29) is 11.9 Å². The number of imide groups is 1. The van der Waals surface area contributed by atoms with Gasteiger partial charge in [0.1, 0.15) is 6.54 Å². The van der Waals surface area contributed by atoms with E-state index in [0.29, 0.717) is 6.54 Å². The van der Waals surface area contributed by atoms with E-state index >= 15 is 0 Å². The third kappa shape index (κ3) is 4.24. The van der Waals surface area contributed by atoms with Gasteiger partial charge in [0.25, 0.3) is 5.91 Å². The second-order valence-corrected chi connectivity index (χ2v) is 4.08. The Hall–Kier alpha value is -1.88. The van der Waals surface area contributed by atoms with E-state index in [9.17, 15) is 9.59 Å². The number of hydrogen-bond donors (Lipinski definition) is 3. The molecule has 17 heavy (non-hydrogen) atoms. The molecule has 5 heteroatoms. The molecule has 1 aromatic rings. The standard InChI is InChI=1S/C12H17N3O2/c1-9(11(16)14-12(13)17)15(2)8-10-6-4-3-5-7-10/h3-7,9H,8H2,1-2H3,(H3,13,14,16,17)/p+1/t9-/m0/s1. The number of hydrogen-bond acceptors (Lipinski definition) is 2. The Morgan fingerprint density at radius 2 is 1.94 bits per heavy atom. The van der Waals surface area contributed by atoms with Crippen LogP contribution in [-0.2, 0) is 11.3 Å². The number of urea groups is 1. The average Bonchev–Trinajstić information content (AvgIpc) is 2.28. The third-order valence-corrected chi connectivity index (χ3v) is 2.70. The van der Waals surface area contributed by atoms with Crippen molar-refractivity contribution in [3.63, 3.8) is 0 Å². The highest BCUT2D eigenvalue weighted by Crippen LogP contribution is 1.95. The lowest BCUT2D eigenvalue weighted by atomic mass is 10.2. The summed E-state index contributed by atoms with van der Waals surface area (Å²) in [6.07, 6.45) is 0. The van der Waals surface area contributed by atoms with Crippen molar-refractivity contribution in [3.8, 4) is 0 Å². The molecule has 0 aromatic heterocycles. The smallest absolute Gasteiger partial charge is 0.319 e. The van der Waals surface area contributed by atoms with Gasteiger partial charge in [0.15, 0.2) is 6.04 Å². The normalized spacial score (nSPS) is 13.8. The van der Waals surface area contributed by atoms with Crippen molar-refractivity contribution in [2.75, 3.05) is 7.05 Å². The van der Waals surface area contributed by atoms with Crippen molar-refractivity contribution in [1.29, 1.82) is 0 Å². The van der Waals surface area contributed by atoms with Gasteiger partial charge in [-0.15, -0.1) is 0 Å². The number of quaternary nitrogens is 1. The molecule has 0 bridgehead atoms. The highest BCUT2D eigenvalue weighted by molar-refractivity contribution is 5.95. The predicted octanol–water partition coefficient (Wildman–Crippen LogP) is -0.715. The summed E-state index contributed by atoms with van der Waals surface area (Å²) in [6, 6.07) is 8.72. The van der Waals surface area contributed by atoms with Crippen molar-refractivity contribution in [2.45, 2.75) is 19.5 Å². The average molecular weight is 236 g/mol. The van der Waals surface area contributed by atoms with Crippen LogP contribution >= 0.6 is 0 Å². The summed E-state index contributed by atoms with van der Waals surface area (Å²) in [6.45, 7) is 2.48. The molecule has 4 N–H and O–H groups in total. The summed E-state index contributed by atoms with van der Waals surface area (Å²) < 4.78 is 0. The minimum atomic E-state index is -0.811. The zero-order valence-electron chi connectivity index (χ0n) is 10.1. The minimum Gasteiger partial charge on any atom is -0.351 e. The Morgan fingerprint density at radius 1 is 1.35 bits per heavy atom. The van der Waals surface area contributed by atoms with Gasteiger partial charge in [-0.2, -0.15) is 0 Å². The van der Waals surface area contributed by atoms with Gasteiger partial charge in [-0.3, -0.25) is 10.1 Å². The topological polar surface area (TPSA) is 76.6 Å². The number of benzene rings is 1. The maximum atomic E-state index is 11.6. The molecule has 1 unspecified atom stereocenters. The van der Waals surface area contributed by atoms with Gasteiger partial charge in [-0.05, 0) is 6.92 Å². The molecule has 0 heterocycles. The van der Waals surface area contributed by atoms with Crippen LogP contribution < -0.4 is 16.0 Å². The van der Waals surface area contributed by atoms with Gasteiger partial charge in [0.2, 0.25) is 0 Å². The van der Waals surface area contributed by atoms with E-state index in [1.54, 1.807) is 6.92 Å². The molecule has 0 fully saturated rings. The maximum absolute atomic E-state index is 11.6. The second kappa shape index (κ2) is 6.00. The van der Waals surface area contributed by atoms with Crippen LogP contribution in [0, 0.1) is 0 Å². The van der Waals surface area contributed by atoms with E-state index in [1.807, 2.05) is 37.4 Å². The van der Waals surface area contributed by atoms with Crippen LogP contribution in [0.15, 0.2) is 30.3 Å². The fourth-order valence-electron chi connectivity index (χ4n) is 1.52. The molecule has 0 spiro atoms. The van der Waals surface area contributed by atoms with Gasteiger partial charge >= 0.3 is 6.03 Å². The van der Waals surface area contributed by atoms with Crippen molar-refractivity contribution < 1.29 is 14.5 Å². The first-order valence-corrected chi connectivity index (χ1v) is 5.47. The van der Waals surface area contributed by atoms with Gasteiger partial charge < -0.3 is 10.6 Å². The molecule has 0 radical (unpaired) electrons. The Balaban J connectivity index is 2.55. The monoisotopic (exact) mass is 236 g/mol. The molecular weight excluding hydrogens is 218 g/mol. The molecule has 0 saturated carbocycles. The SMILES string of the molecule is C[C@@H](C(=O)NC(N)=O)[NH+](C)Cc1ccccc1. The zero-order valence-corrected chi connectivity index (χ0v) is 10.1. The summed E-state index contributed by atoms with van der Waals surface area (Å²) >= 11 is 0. The first kappa shape index (κ1) is 13.2. The molecular formula is C12H18N3O2+. The second-order valence-electron chi connectivity index (χ2n) is 4.08. The third-order valence-electron chi connectivity index (χ3n) is 2.70. The molecule has 0 aliphatic heterocycles. The summed E-state index contributed by atoms with van der Waals surface area (Å²) in [5.74, 6) is -0.356. The molecule has 3 amide bonds. The van der Waals surface area contributed by atoms with Crippen molar-refractivity contribution in [2.24, 2.45) is 5.73 Å². The van der Waals surface area contributed by atoms with Crippen molar-refractivity contribution in [3.05, 3.63) is 35.9 Å². The fraction of sp³-hybridized carbons (Fsp3) is 0.333.